The van der Waals surface area contributed by atoms with Crippen molar-refractivity contribution in [3.8, 4) is 0 Å². The van der Waals surface area contributed by atoms with Gasteiger partial charge in [-0.25, -0.2) is 9.78 Å². The van der Waals surface area contributed by atoms with Gasteiger partial charge in [0, 0.05) is 13.1 Å². The summed E-state index contributed by atoms with van der Waals surface area (Å²) in [5.41, 5.74) is 0.0618. The predicted octanol–water partition coefficient (Wildman–Crippen LogP) is 1.05. The second-order valence-corrected chi connectivity index (χ2v) is 7.01. The SMILES string of the molecule is CC(C)Cn1cnc2c1c(=O)n(C[C@@H](C)O)c(=O)n2CC(C)C. The molecule has 0 aliphatic rings. The van der Waals surface area contributed by atoms with Gasteiger partial charge in [0.1, 0.15) is 0 Å². The Labute approximate surface area is 135 Å². The largest absolute Gasteiger partial charge is 0.392 e. The Balaban J connectivity index is 2.79. The van der Waals surface area contributed by atoms with Crippen LogP contribution in [0.15, 0.2) is 15.9 Å². The van der Waals surface area contributed by atoms with Gasteiger partial charge in [-0.2, -0.15) is 0 Å². The molecule has 0 amide bonds. The third-order valence-electron chi connectivity index (χ3n) is 3.54. The minimum Gasteiger partial charge on any atom is -0.392 e. The van der Waals surface area contributed by atoms with E-state index in [4.69, 9.17) is 0 Å². The van der Waals surface area contributed by atoms with Crippen molar-refractivity contribution in [1.82, 2.24) is 18.7 Å². The summed E-state index contributed by atoms with van der Waals surface area (Å²) in [7, 11) is 0. The maximum Gasteiger partial charge on any atom is 0.332 e. The fourth-order valence-corrected chi connectivity index (χ4v) is 2.73. The molecule has 1 atom stereocenters. The molecule has 2 aromatic heterocycles. The Kier molecular flexibility index (Phi) is 5.09. The van der Waals surface area contributed by atoms with Crippen molar-refractivity contribution in [3.63, 3.8) is 0 Å². The lowest BCUT2D eigenvalue weighted by atomic mass is 10.2. The van der Waals surface area contributed by atoms with Crippen molar-refractivity contribution in [1.29, 1.82) is 0 Å². The van der Waals surface area contributed by atoms with Gasteiger partial charge in [0.25, 0.3) is 5.56 Å². The zero-order chi connectivity index (χ0) is 17.3. The number of rotatable bonds is 6. The van der Waals surface area contributed by atoms with Crippen LogP contribution < -0.4 is 11.2 Å². The van der Waals surface area contributed by atoms with E-state index < -0.39 is 11.8 Å². The fourth-order valence-electron chi connectivity index (χ4n) is 2.73. The first-order valence-corrected chi connectivity index (χ1v) is 8.08. The Bertz CT molecular complexity index is 796. The second kappa shape index (κ2) is 6.70. The van der Waals surface area contributed by atoms with Crippen LogP contribution in [0.4, 0.5) is 0 Å². The monoisotopic (exact) mass is 322 g/mol. The van der Waals surface area contributed by atoms with E-state index in [2.05, 4.69) is 18.8 Å². The molecule has 0 radical (unpaired) electrons. The first-order valence-electron chi connectivity index (χ1n) is 8.08. The summed E-state index contributed by atoms with van der Waals surface area (Å²) in [6, 6.07) is 0. The van der Waals surface area contributed by atoms with E-state index in [0.717, 1.165) is 4.57 Å². The van der Waals surface area contributed by atoms with Crippen LogP contribution in [0.25, 0.3) is 11.2 Å². The third kappa shape index (κ3) is 3.55. The van der Waals surface area contributed by atoms with Gasteiger partial charge in [-0.1, -0.05) is 27.7 Å². The van der Waals surface area contributed by atoms with Crippen molar-refractivity contribution in [3.05, 3.63) is 27.2 Å². The molecule has 0 saturated heterocycles. The normalized spacial score (nSPS) is 13.4. The second-order valence-electron chi connectivity index (χ2n) is 7.01. The summed E-state index contributed by atoms with van der Waals surface area (Å²) in [5, 5.41) is 9.63. The molecule has 2 heterocycles. The van der Waals surface area contributed by atoms with Crippen molar-refractivity contribution in [2.75, 3.05) is 0 Å². The van der Waals surface area contributed by atoms with Gasteiger partial charge in [0.05, 0.1) is 19.0 Å². The van der Waals surface area contributed by atoms with E-state index in [-0.39, 0.29) is 18.0 Å². The number of aromatic nitrogens is 4. The molecular weight excluding hydrogens is 296 g/mol. The van der Waals surface area contributed by atoms with Crippen molar-refractivity contribution < 1.29 is 5.11 Å². The molecule has 1 N–H and O–H groups in total. The van der Waals surface area contributed by atoms with Gasteiger partial charge >= 0.3 is 5.69 Å². The standard InChI is InChI=1S/C16H26N4O3/c1-10(2)6-18-9-17-14-13(18)15(22)20(8-12(5)21)16(23)19(14)7-11(3)4/h9-12,21H,6-8H2,1-5H3/t12-/m1/s1. The van der Waals surface area contributed by atoms with Crippen molar-refractivity contribution >= 4 is 11.2 Å². The molecule has 0 aromatic carbocycles. The minimum absolute atomic E-state index is 0.0153. The Morgan fingerprint density at radius 3 is 2.13 bits per heavy atom. The topological polar surface area (TPSA) is 82.1 Å². The number of nitrogens with zero attached hydrogens (tertiary/aromatic N) is 4. The van der Waals surface area contributed by atoms with Gasteiger partial charge in [0.2, 0.25) is 0 Å². The maximum atomic E-state index is 12.8. The highest BCUT2D eigenvalue weighted by Gasteiger charge is 2.19. The number of aliphatic hydroxyl groups excluding tert-OH is 1. The summed E-state index contributed by atoms with van der Waals surface area (Å²) >= 11 is 0. The maximum absolute atomic E-state index is 12.8. The summed E-state index contributed by atoms with van der Waals surface area (Å²) in [6.07, 6.45) is 0.849. The van der Waals surface area contributed by atoms with E-state index in [0.29, 0.717) is 30.2 Å². The molecule has 23 heavy (non-hydrogen) atoms. The molecule has 0 aliphatic heterocycles. The van der Waals surface area contributed by atoms with E-state index in [9.17, 15) is 14.7 Å². The van der Waals surface area contributed by atoms with E-state index >= 15 is 0 Å². The molecule has 0 spiro atoms. The van der Waals surface area contributed by atoms with Crippen LogP contribution >= 0.6 is 0 Å². The molecule has 7 heteroatoms. The lowest BCUT2D eigenvalue weighted by molar-refractivity contribution is 0.169. The van der Waals surface area contributed by atoms with Crippen molar-refractivity contribution in [2.24, 2.45) is 11.8 Å². The molecule has 2 rings (SSSR count). The number of fused-ring (bicyclic) bond motifs is 1. The summed E-state index contributed by atoms with van der Waals surface area (Å²) in [6.45, 7) is 10.8. The molecule has 0 bridgehead atoms. The van der Waals surface area contributed by atoms with Crippen LogP contribution in [0.1, 0.15) is 34.6 Å². The Hall–Kier alpha value is -1.89. The number of hydrogen-bond donors (Lipinski definition) is 1. The molecule has 0 fully saturated rings. The van der Waals surface area contributed by atoms with Crippen LogP contribution in [0.5, 0.6) is 0 Å². The van der Waals surface area contributed by atoms with E-state index in [1.54, 1.807) is 22.4 Å². The molecule has 0 aliphatic carbocycles. The number of imidazole rings is 1. The Morgan fingerprint density at radius 2 is 1.61 bits per heavy atom. The molecule has 128 valence electrons. The summed E-state index contributed by atoms with van der Waals surface area (Å²) < 4.78 is 4.46. The average molecular weight is 322 g/mol. The average Bonchev–Trinajstić information content (AvgIpc) is 2.82. The first-order chi connectivity index (χ1) is 10.7. The Morgan fingerprint density at radius 1 is 1.00 bits per heavy atom. The molecule has 2 aromatic rings. The quantitative estimate of drug-likeness (QED) is 0.862. The smallest absolute Gasteiger partial charge is 0.332 e. The highest BCUT2D eigenvalue weighted by Crippen LogP contribution is 2.11. The van der Waals surface area contributed by atoms with E-state index in [1.165, 1.54) is 0 Å². The van der Waals surface area contributed by atoms with Crippen LogP contribution in [0.3, 0.4) is 0 Å². The van der Waals surface area contributed by atoms with Gasteiger partial charge in [0.15, 0.2) is 11.2 Å². The molecular formula is C16H26N4O3. The lowest BCUT2D eigenvalue weighted by Gasteiger charge is -2.15. The minimum atomic E-state index is -0.771. The van der Waals surface area contributed by atoms with Crippen LogP contribution in [-0.4, -0.2) is 29.9 Å². The number of aliphatic hydroxyl groups is 1. The van der Waals surface area contributed by atoms with Gasteiger partial charge in [-0.3, -0.25) is 13.9 Å². The number of hydrogen-bond acceptors (Lipinski definition) is 4. The molecule has 0 unspecified atom stereocenters. The van der Waals surface area contributed by atoms with Gasteiger partial charge in [-0.15, -0.1) is 0 Å². The zero-order valence-corrected chi connectivity index (χ0v) is 14.5. The van der Waals surface area contributed by atoms with Crippen LogP contribution in [-0.2, 0) is 19.6 Å². The molecule has 0 saturated carbocycles. The van der Waals surface area contributed by atoms with Gasteiger partial charge in [-0.05, 0) is 18.8 Å². The third-order valence-corrected chi connectivity index (χ3v) is 3.54. The molecule has 7 nitrogen and oxygen atoms in total. The highest BCUT2D eigenvalue weighted by molar-refractivity contribution is 5.70. The predicted molar refractivity (Wildman–Crippen MR) is 89.6 cm³/mol. The fraction of sp³-hybridized carbons (Fsp3) is 0.688. The lowest BCUT2D eigenvalue weighted by Crippen LogP contribution is -2.43. The van der Waals surface area contributed by atoms with Crippen LogP contribution in [0, 0.1) is 11.8 Å². The summed E-state index contributed by atoms with van der Waals surface area (Å²) in [5.74, 6) is 0.589. The van der Waals surface area contributed by atoms with E-state index in [1.807, 2.05) is 13.8 Å². The zero-order valence-electron chi connectivity index (χ0n) is 14.5. The van der Waals surface area contributed by atoms with Gasteiger partial charge < -0.3 is 9.67 Å². The first kappa shape index (κ1) is 17.5. The summed E-state index contributed by atoms with van der Waals surface area (Å²) in [4.78, 5) is 29.8. The van der Waals surface area contributed by atoms with Crippen molar-refractivity contribution in [2.45, 2.75) is 60.4 Å². The van der Waals surface area contributed by atoms with Crippen LogP contribution in [0.2, 0.25) is 0 Å². The highest BCUT2D eigenvalue weighted by atomic mass is 16.3.